The van der Waals surface area contributed by atoms with Crippen LogP contribution in [-0.4, -0.2) is 54.3 Å². The van der Waals surface area contributed by atoms with Gasteiger partial charge in [-0.3, -0.25) is 4.90 Å². The fraction of sp³-hybridized carbons (Fsp3) is 0.467. The van der Waals surface area contributed by atoms with Crippen molar-refractivity contribution < 1.29 is 9.47 Å². The van der Waals surface area contributed by atoms with Crippen LogP contribution in [0.2, 0.25) is 5.15 Å². The number of rotatable bonds is 5. The second kappa shape index (κ2) is 7.02. The van der Waals surface area contributed by atoms with Crippen molar-refractivity contribution in [3.05, 3.63) is 29.7 Å². The highest BCUT2D eigenvalue weighted by Crippen LogP contribution is 2.24. The molecule has 112 valence electrons. The first-order valence-electron chi connectivity index (χ1n) is 7.16. The Morgan fingerprint density at radius 1 is 1.24 bits per heavy atom. The van der Waals surface area contributed by atoms with E-state index in [1.807, 2.05) is 18.2 Å². The number of halogens is 1. The van der Waals surface area contributed by atoms with Gasteiger partial charge in [-0.25, -0.2) is 9.97 Å². The number of fused-ring (bicyclic) bond motifs is 1. The summed E-state index contributed by atoms with van der Waals surface area (Å²) >= 11 is 6.07. The van der Waals surface area contributed by atoms with Crippen LogP contribution in [0.1, 0.15) is 6.42 Å². The number of benzene rings is 1. The maximum absolute atomic E-state index is 6.07. The van der Waals surface area contributed by atoms with Crippen LogP contribution in [0.5, 0.6) is 5.75 Å². The van der Waals surface area contributed by atoms with E-state index < -0.39 is 0 Å². The highest BCUT2D eigenvalue weighted by Gasteiger charge is 2.09. The Morgan fingerprint density at radius 2 is 2.10 bits per heavy atom. The van der Waals surface area contributed by atoms with Crippen molar-refractivity contribution in [1.29, 1.82) is 0 Å². The van der Waals surface area contributed by atoms with E-state index >= 15 is 0 Å². The quantitative estimate of drug-likeness (QED) is 0.627. The first-order valence-corrected chi connectivity index (χ1v) is 7.54. The molecule has 5 nitrogen and oxygen atoms in total. The molecule has 0 spiro atoms. The predicted molar refractivity (Wildman–Crippen MR) is 81.9 cm³/mol. The molecule has 0 aliphatic carbocycles. The zero-order chi connectivity index (χ0) is 14.5. The number of hydrogen-bond acceptors (Lipinski definition) is 5. The maximum atomic E-state index is 6.07. The van der Waals surface area contributed by atoms with Gasteiger partial charge in [-0.05, 0) is 24.6 Å². The molecule has 0 saturated carbocycles. The summed E-state index contributed by atoms with van der Waals surface area (Å²) in [5, 5.41) is 1.28. The Morgan fingerprint density at radius 3 is 2.95 bits per heavy atom. The minimum Gasteiger partial charge on any atom is -0.494 e. The molecule has 0 amide bonds. The van der Waals surface area contributed by atoms with Gasteiger partial charge in [-0.1, -0.05) is 11.6 Å². The highest BCUT2D eigenvalue weighted by molar-refractivity contribution is 6.34. The lowest BCUT2D eigenvalue weighted by molar-refractivity contribution is 0.0358. The van der Waals surface area contributed by atoms with Gasteiger partial charge in [-0.15, -0.1) is 0 Å². The van der Waals surface area contributed by atoms with Gasteiger partial charge in [0.25, 0.3) is 0 Å². The van der Waals surface area contributed by atoms with Gasteiger partial charge in [0.1, 0.15) is 17.2 Å². The average molecular weight is 308 g/mol. The molecule has 0 N–H and O–H groups in total. The van der Waals surface area contributed by atoms with E-state index in [9.17, 15) is 0 Å². The van der Waals surface area contributed by atoms with Crippen molar-refractivity contribution >= 4 is 22.5 Å². The second-order valence-corrected chi connectivity index (χ2v) is 5.36. The predicted octanol–water partition coefficient (Wildman–Crippen LogP) is 2.38. The summed E-state index contributed by atoms with van der Waals surface area (Å²) in [6.07, 6.45) is 2.46. The van der Waals surface area contributed by atoms with Crippen molar-refractivity contribution in [2.24, 2.45) is 0 Å². The fourth-order valence-electron chi connectivity index (χ4n) is 2.40. The van der Waals surface area contributed by atoms with Crippen molar-refractivity contribution in [2.45, 2.75) is 6.42 Å². The molecule has 1 aromatic heterocycles. The van der Waals surface area contributed by atoms with Gasteiger partial charge in [0.05, 0.1) is 25.3 Å². The number of nitrogens with zero attached hydrogens (tertiary/aromatic N) is 3. The van der Waals surface area contributed by atoms with Crippen LogP contribution < -0.4 is 4.74 Å². The summed E-state index contributed by atoms with van der Waals surface area (Å²) in [6.45, 7) is 5.44. The van der Waals surface area contributed by atoms with Crippen LogP contribution in [0, 0.1) is 0 Å². The Balaban J connectivity index is 1.52. The van der Waals surface area contributed by atoms with Crippen LogP contribution >= 0.6 is 11.6 Å². The molecule has 2 aromatic rings. The SMILES string of the molecule is Clc1ncnc2ccc(OCCCN3CCOCC3)cc12. The summed E-state index contributed by atoms with van der Waals surface area (Å²) < 4.78 is 11.1. The van der Waals surface area contributed by atoms with E-state index in [0.29, 0.717) is 11.8 Å². The monoisotopic (exact) mass is 307 g/mol. The summed E-state index contributed by atoms with van der Waals surface area (Å²) in [5.74, 6) is 0.807. The highest BCUT2D eigenvalue weighted by atomic mass is 35.5. The van der Waals surface area contributed by atoms with Crippen molar-refractivity contribution in [1.82, 2.24) is 14.9 Å². The third-order valence-electron chi connectivity index (χ3n) is 3.55. The molecule has 1 aromatic carbocycles. The molecular weight excluding hydrogens is 290 g/mol. The van der Waals surface area contributed by atoms with Gasteiger partial charge < -0.3 is 9.47 Å². The van der Waals surface area contributed by atoms with Gasteiger partial charge in [-0.2, -0.15) is 0 Å². The normalized spacial score (nSPS) is 16.2. The van der Waals surface area contributed by atoms with E-state index in [-0.39, 0.29) is 0 Å². The van der Waals surface area contributed by atoms with E-state index in [1.165, 1.54) is 6.33 Å². The van der Waals surface area contributed by atoms with E-state index in [1.54, 1.807) is 0 Å². The van der Waals surface area contributed by atoms with Crippen molar-refractivity contribution in [2.75, 3.05) is 39.5 Å². The lowest BCUT2D eigenvalue weighted by Gasteiger charge is -2.26. The van der Waals surface area contributed by atoms with E-state index in [0.717, 1.165) is 55.9 Å². The summed E-state index contributed by atoms with van der Waals surface area (Å²) in [5.41, 5.74) is 0.829. The fourth-order valence-corrected chi connectivity index (χ4v) is 2.59. The van der Waals surface area contributed by atoms with Crippen molar-refractivity contribution in [3.8, 4) is 5.75 Å². The molecular formula is C15H18ClN3O2. The first-order chi connectivity index (χ1) is 10.3. The Bertz CT molecular complexity index is 602. The van der Waals surface area contributed by atoms with E-state index in [2.05, 4.69) is 14.9 Å². The molecule has 21 heavy (non-hydrogen) atoms. The zero-order valence-corrected chi connectivity index (χ0v) is 12.6. The second-order valence-electron chi connectivity index (χ2n) is 5.00. The molecule has 0 bridgehead atoms. The average Bonchev–Trinajstić information content (AvgIpc) is 2.53. The van der Waals surface area contributed by atoms with Crippen LogP contribution in [0.3, 0.4) is 0 Å². The maximum Gasteiger partial charge on any atom is 0.140 e. The van der Waals surface area contributed by atoms with Crippen molar-refractivity contribution in [3.63, 3.8) is 0 Å². The summed E-state index contributed by atoms with van der Waals surface area (Å²) in [4.78, 5) is 10.6. The van der Waals surface area contributed by atoms with Gasteiger partial charge >= 0.3 is 0 Å². The van der Waals surface area contributed by atoms with Crippen LogP contribution in [0.15, 0.2) is 24.5 Å². The third kappa shape index (κ3) is 3.81. The van der Waals surface area contributed by atoms with Crippen LogP contribution in [0.4, 0.5) is 0 Å². The summed E-state index contributed by atoms with van der Waals surface area (Å²) in [6, 6.07) is 5.72. The summed E-state index contributed by atoms with van der Waals surface area (Å²) in [7, 11) is 0. The lowest BCUT2D eigenvalue weighted by Crippen LogP contribution is -2.37. The largest absolute Gasteiger partial charge is 0.494 e. The smallest absolute Gasteiger partial charge is 0.140 e. The molecule has 6 heteroatoms. The number of morpholine rings is 1. The van der Waals surface area contributed by atoms with Gasteiger partial charge in [0.15, 0.2) is 0 Å². The Hall–Kier alpha value is -1.43. The Labute approximate surface area is 128 Å². The zero-order valence-electron chi connectivity index (χ0n) is 11.8. The topological polar surface area (TPSA) is 47.5 Å². The Kier molecular flexibility index (Phi) is 4.85. The third-order valence-corrected chi connectivity index (χ3v) is 3.85. The molecule has 2 heterocycles. The number of ether oxygens (including phenoxy) is 2. The standard InChI is InChI=1S/C15H18ClN3O2/c16-15-13-10-12(2-3-14(13)17-11-18-15)21-7-1-4-19-5-8-20-9-6-19/h2-3,10-11H,1,4-9H2. The molecule has 0 radical (unpaired) electrons. The van der Waals surface area contributed by atoms with Crippen LogP contribution in [0.25, 0.3) is 10.9 Å². The minimum atomic E-state index is 0.457. The molecule has 1 aliphatic heterocycles. The first kappa shape index (κ1) is 14.5. The molecule has 1 fully saturated rings. The number of aromatic nitrogens is 2. The molecule has 0 unspecified atom stereocenters. The van der Waals surface area contributed by atoms with Gasteiger partial charge in [0.2, 0.25) is 0 Å². The molecule has 3 rings (SSSR count). The molecule has 1 saturated heterocycles. The van der Waals surface area contributed by atoms with E-state index in [4.69, 9.17) is 21.1 Å². The van der Waals surface area contributed by atoms with Gasteiger partial charge in [0, 0.05) is 25.0 Å². The number of hydrogen-bond donors (Lipinski definition) is 0. The minimum absolute atomic E-state index is 0.457. The lowest BCUT2D eigenvalue weighted by atomic mass is 10.2. The molecule has 1 aliphatic rings. The molecule has 0 atom stereocenters. The van der Waals surface area contributed by atoms with Crippen LogP contribution in [-0.2, 0) is 4.74 Å².